The molecular formula is C20H23N5O4. The fourth-order valence-corrected chi connectivity index (χ4v) is 2.70. The first-order valence-electron chi connectivity index (χ1n) is 8.80. The number of carboxylic acids is 1. The summed E-state index contributed by atoms with van der Waals surface area (Å²) in [6, 6.07) is 12.7. The molecule has 0 spiro atoms. The fraction of sp³-hybridized carbons (Fsp3) is 0.200. The van der Waals surface area contributed by atoms with E-state index in [0.29, 0.717) is 11.3 Å². The van der Waals surface area contributed by atoms with Crippen molar-refractivity contribution in [2.24, 2.45) is 16.5 Å². The van der Waals surface area contributed by atoms with Gasteiger partial charge in [-0.1, -0.05) is 30.3 Å². The Kier molecular flexibility index (Phi) is 7.30. The minimum Gasteiger partial charge on any atom is -0.480 e. The van der Waals surface area contributed by atoms with E-state index in [0.717, 1.165) is 11.1 Å². The van der Waals surface area contributed by atoms with E-state index in [1.165, 1.54) is 6.92 Å². The Hall–Kier alpha value is -3.88. The summed E-state index contributed by atoms with van der Waals surface area (Å²) in [4.78, 5) is 38.8. The zero-order valence-corrected chi connectivity index (χ0v) is 15.9. The first-order valence-corrected chi connectivity index (χ1v) is 8.80. The molecule has 2 amide bonds. The maximum atomic E-state index is 12.4. The minimum atomic E-state index is -1.11. The molecule has 0 aromatic heterocycles. The third-order valence-corrected chi connectivity index (χ3v) is 3.93. The smallest absolute Gasteiger partial charge is 0.326 e. The van der Waals surface area contributed by atoms with Gasteiger partial charge in [0.15, 0.2) is 5.96 Å². The van der Waals surface area contributed by atoms with Crippen molar-refractivity contribution in [2.45, 2.75) is 25.9 Å². The van der Waals surface area contributed by atoms with Crippen molar-refractivity contribution in [3.63, 3.8) is 0 Å². The van der Waals surface area contributed by atoms with E-state index in [9.17, 15) is 19.5 Å². The van der Waals surface area contributed by atoms with Gasteiger partial charge >= 0.3 is 5.97 Å². The van der Waals surface area contributed by atoms with Gasteiger partial charge in [-0.25, -0.2) is 9.79 Å². The second kappa shape index (κ2) is 9.88. The highest BCUT2D eigenvalue weighted by molar-refractivity contribution is 5.95. The van der Waals surface area contributed by atoms with Crippen molar-refractivity contribution in [1.82, 2.24) is 10.6 Å². The number of guanidine groups is 1. The molecule has 29 heavy (non-hydrogen) atoms. The lowest BCUT2D eigenvalue weighted by atomic mass is 10.0. The van der Waals surface area contributed by atoms with Gasteiger partial charge in [0.2, 0.25) is 5.91 Å². The summed E-state index contributed by atoms with van der Waals surface area (Å²) in [7, 11) is 0. The molecule has 0 bridgehead atoms. The molecule has 7 N–H and O–H groups in total. The van der Waals surface area contributed by atoms with Crippen LogP contribution in [0.3, 0.4) is 0 Å². The Labute approximate surface area is 167 Å². The average molecular weight is 397 g/mol. The molecule has 0 fully saturated rings. The van der Waals surface area contributed by atoms with Crippen molar-refractivity contribution in [1.29, 1.82) is 0 Å². The number of nitrogens with one attached hydrogen (secondary N) is 2. The molecule has 0 unspecified atom stereocenters. The normalized spacial score (nSPS) is 11.2. The number of aliphatic carboxylic acids is 1. The number of rotatable bonds is 8. The first-order chi connectivity index (χ1) is 13.7. The summed E-state index contributed by atoms with van der Waals surface area (Å²) in [5.74, 6) is -1.92. The van der Waals surface area contributed by atoms with Crippen LogP contribution in [-0.4, -0.2) is 34.9 Å². The largest absolute Gasteiger partial charge is 0.480 e. The summed E-state index contributed by atoms with van der Waals surface area (Å²) in [5.41, 5.74) is 13.1. The first kappa shape index (κ1) is 21.4. The summed E-state index contributed by atoms with van der Waals surface area (Å²) in [6.45, 7) is 1.52. The maximum absolute atomic E-state index is 12.4. The quantitative estimate of drug-likeness (QED) is 0.325. The van der Waals surface area contributed by atoms with Crippen molar-refractivity contribution >= 4 is 29.4 Å². The van der Waals surface area contributed by atoms with E-state index in [2.05, 4.69) is 15.6 Å². The minimum absolute atomic E-state index is 0.0988. The molecule has 0 aliphatic carbocycles. The van der Waals surface area contributed by atoms with E-state index in [1.54, 1.807) is 42.5 Å². The Balaban J connectivity index is 2.03. The van der Waals surface area contributed by atoms with E-state index in [4.69, 9.17) is 11.5 Å². The number of aliphatic imine (C=N–C) groups is 1. The molecular weight excluding hydrogens is 374 g/mol. The number of hydrogen-bond acceptors (Lipinski definition) is 4. The molecule has 0 saturated carbocycles. The van der Waals surface area contributed by atoms with Crippen LogP contribution in [0.25, 0.3) is 0 Å². The molecule has 2 aromatic rings. The fourth-order valence-electron chi connectivity index (χ4n) is 2.70. The van der Waals surface area contributed by atoms with Crippen molar-refractivity contribution in [3.8, 4) is 0 Å². The lowest BCUT2D eigenvalue weighted by Crippen LogP contribution is -2.41. The molecule has 9 heteroatoms. The third-order valence-electron chi connectivity index (χ3n) is 3.93. The molecule has 2 aromatic carbocycles. The summed E-state index contributed by atoms with van der Waals surface area (Å²) in [5, 5.41) is 14.4. The van der Waals surface area contributed by atoms with Crippen molar-refractivity contribution in [2.75, 3.05) is 0 Å². The van der Waals surface area contributed by atoms with Crippen LogP contribution in [0.15, 0.2) is 53.5 Å². The second-order valence-corrected chi connectivity index (χ2v) is 6.39. The number of nitrogens with zero attached hydrogens (tertiary/aromatic N) is 1. The van der Waals surface area contributed by atoms with Crippen LogP contribution in [-0.2, 0) is 22.6 Å². The van der Waals surface area contributed by atoms with Gasteiger partial charge in [-0.05, 0) is 29.3 Å². The molecule has 0 aliphatic rings. The van der Waals surface area contributed by atoms with E-state index in [1.807, 2.05) is 6.07 Å². The topological polar surface area (TPSA) is 160 Å². The van der Waals surface area contributed by atoms with Gasteiger partial charge in [0, 0.05) is 25.5 Å². The number of carbonyl (C=O) groups excluding carboxylic acids is 2. The standard InChI is InChI=1S/C20H23N5O4/c1-12(26)24-17(19(28)29)9-13-4-2-5-14(8-13)11-23-18(27)15-6-3-7-16(10-15)25-20(21)22/h2-8,10,17H,9,11H2,1H3,(H,23,27)(H,24,26)(H,28,29)(H4,21,22,25)/t17-/m0/s1. The Morgan fingerprint density at radius 2 is 1.76 bits per heavy atom. The van der Waals surface area contributed by atoms with Gasteiger partial charge in [0.1, 0.15) is 6.04 Å². The number of nitrogens with two attached hydrogens (primary N) is 2. The maximum Gasteiger partial charge on any atom is 0.326 e. The van der Waals surface area contributed by atoms with Crippen LogP contribution in [0.2, 0.25) is 0 Å². The Morgan fingerprint density at radius 1 is 1.07 bits per heavy atom. The van der Waals surface area contributed by atoms with Gasteiger partial charge < -0.3 is 27.2 Å². The summed E-state index contributed by atoms with van der Waals surface area (Å²) in [6.07, 6.45) is 0.136. The van der Waals surface area contributed by atoms with Crippen molar-refractivity contribution < 1.29 is 19.5 Å². The predicted octanol–water partition coefficient (Wildman–Crippen LogP) is 0.653. The Bertz CT molecular complexity index is 938. The number of benzene rings is 2. The molecule has 0 heterocycles. The van der Waals surface area contributed by atoms with Crippen LogP contribution in [0.4, 0.5) is 5.69 Å². The zero-order valence-electron chi connectivity index (χ0n) is 15.9. The lowest BCUT2D eigenvalue weighted by molar-refractivity contribution is -0.141. The van der Waals surface area contributed by atoms with Crippen LogP contribution >= 0.6 is 0 Å². The number of hydrogen-bond donors (Lipinski definition) is 5. The van der Waals surface area contributed by atoms with Gasteiger partial charge in [-0.15, -0.1) is 0 Å². The number of carbonyl (C=O) groups is 3. The predicted molar refractivity (Wildman–Crippen MR) is 108 cm³/mol. The molecule has 1 atom stereocenters. The average Bonchev–Trinajstić information content (AvgIpc) is 2.65. The zero-order chi connectivity index (χ0) is 21.4. The highest BCUT2D eigenvalue weighted by atomic mass is 16.4. The molecule has 2 rings (SSSR count). The number of carboxylic acid groups (broad SMARTS) is 1. The van der Waals surface area contributed by atoms with Gasteiger partial charge in [0.25, 0.3) is 5.91 Å². The lowest BCUT2D eigenvalue weighted by Gasteiger charge is -2.14. The summed E-state index contributed by atoms with van der Waals surface area (Å²) < 4.78 is 0. The molecule has 0 aliphatic heterocycles. The molecule has 0 radical (unpaired) electrons. The van der Waals surface area contributed by atoms with E-state index >= 15 is 0 Å². The Morgan fingerprint density at radius 3 is 2.41 bits per heavy atom. The van der Waals surface area contributed by atoms with E-state index in [-0.39, 0.29) is 24.8 Å². The molecule has 9 nitrogen and oxygen atoms in total. The van der Waals surface area contributed by atoms with Gasteiger partial charge in [0.05, 0.1) is 5.69 Å². The number of amides is 2. The summed E-state index contributed by atoms with van der Waals surface area (Å²) >= 11 is 0. The van der Waals surface area contributed by atoms with Crippen LogP contribution in [0, 0.1) is 0 Å². The highest BCUT2D eigenvalue weighted by Crippen LogP contribution is 2.14. The van der Waals surface area contributed by atoms with Crippen LogP contribution in [0.5, 0.6) is 0 Å². The van der Waals surface area contributed by atoms with Crippen LogP contribution in [0.1, 0.15) is 28.4 Å². The molecule has 152 valence electrons. The monoisotopic (exact) mass is 397 g/mol. The van der Waals surface area contributed by atoms with Crippen molar-refractivity contribution in [3.05, 3.63) is 65.2 Å². The SMILES string of the molecule is CC(=O)N[C@@H](Cc1cccc(CNC(=O)c2cccc(N=C(N)N)c2)c1)C(=O)O. The third kappa shape index (κ3) is 6.98. The molecule has 0 saturated heterocycles. The highest BCUT2D eigenvalue weighted by Gasteiger charge is 2.18. The van der Waals surface area contributed by atoms with Gasteiger partial charge in [-0.2, -0.15) is 0 Å². The second-order valence-electron chi connectivity index (χ2n) is 6.39. The van der Waals surface area contributed by atoms with Gasteiger partial charge in [-0.3, -0.25) is 9.59 Å². The van der Waals surface area contributed by atoms with E-state index < -0.39 is 17.9 Å². The van der Waals surface area contributed by atoms with Crippen LogP contribution < -0.4 is 22.1 Å².